The molecular formula is C29H31N4O3P. The standard InChI is InChI=1S/C29H31N4O3P/c1-17-13-20(14-18(2)27(17)34)28-31-25(12-9-19-7-6-8-22(15-19)37-36)26(32-28)23-11-10-21(33(4)5)16-24(23)29(35)30-3/h6-8,10-11,13-16,34H,9,12H2,1-5H3,(H,30,35)(H,31,32). The molecular weight excluding hydrogens is 483 g/mol. The van der Waals surface area contributed by atoms with E-state index in [4.69, 9.17) is 4.98 Å². The summed E-state index contributed by atoms with van der Waals surface area (Å²) in [6.45, 7) is 3.73. The smallest absolute Gasteiger partial charge is 0.251 e. The van der Waals surface area contributed by atoms with Crippen molar-refractivity contribution in [3.63, 3.8) is 0 Å². The number of phenols is 1. The molecule has 0 saturated heterocycles. The molecule has 4 aromatic rings. The number of anilines is 1. The number of H-pyrrole nitrogens is 1. The third-order valence-corrected chi connectivity index (χ3v) is 6.96. The second-order valence-electron chi connectivity index (χ2n) is 9.34. The highest BCUT2D eigenvalue weighted by atomic mass is 31.1. The number of phenolic OH excluding ortho intramolecular Hbond substituents is 1. The zero-order chi connectivity index (χ0) is 26.7. The molecule has 0 atom stereocenters. The summed E-state index contributed by atoms with van der Waals surface area (Å²) in [5.41, 5.74) is 7.26. The van der Waals surface area contributed by atoms with Crippen molar-refractivity contribution < 1.29 is 14.5 Å². The maximum absolute atomic E-state index is 12.9. The number of carbonyl (C=O) groups excluding carboxylic acids is 1. The van der Waals surface area contributed by atoms with E-state index in [1.54, 1.807) is 7.05 Å². The average molecular weight is 515 g/mol. The molecule has 0 unspecified atom stereocenters. The minimum Gasteiger partial charge on any atom is -0.507 e. The van der Waals surface area contributed by atoms with E-state index in [1.807, 2.05) is 87.4 Å². The fraction of sp³-hybridized carbons (Fsp3) is 0.241. The fourth-order valence-corrected chi connectivity index (χ4v) is 4.79. The maximum Gasteiger partial charge on any atom is 0.251 e. The van der Waals surface area contributed by atoms with Crippen molar-refractivity contribution in [1.29, 1.82) is 0 Å². The van der Waals surface area contributed by atoms with E-state index in [9.17, 15) is 14.5 Å². The predicted octanol–water partition coefficient (Wildman–Crippen LogP) is 5.19. The lowest BCUT2D eigenvalue weighted by Crippen LogP contribution is -2.20. The molecule has 0 radical (unpaired) electrons. The second-order valence-corrected chi connectivity index (χ2v) is 10.0. The molecule has 1 heterocycles. The molecule has 0 fully saturated rings. The number of rotatable bonds is 8. The first-order valence-electron chi connectivity index (χ1n) is 12.1. The van der Waals surface area contributed by atoms with Crippen LogP contribution in [0.15, 0.2) is 54.6 Å². The zero-order valence-electron chi connectivity index (χ0n) is 21.7. The van der Waals surface area contributed by atoms with E-state index in [0.29, 0.717) is 29.9 Å². The van der Waals surface area contributed by atoms with Gasteiger partial charge in [0.15, 0.2) is 8.46 Å². The van der Waals surface area contributed by atoms with Gasteiger partial charge in [-0.25, -0.2) is 4.98 Å². The van der Waals surface area contributed by atoms with Gasteiger partial charge >= 0.3 is 0 Å². The van der Waals surface area contributed by atoms with E-state index < -0.39 is 0 Å². The van der Waals surface area contributed by atoms with Gasteiger partial charge in [0.1, 0.15) is 11.6 Å². The van der Waals surface area contributed by atoms with E-state index in [-0.39, 0.29) is 20.1 Å². The predicted molar refractivity (Wildman–Crippen MR) is 149 cm³/mol. The van der Waals surface area contributed by atoms with Gasteiger partial charge in [-0.2, -0.15) is 0 Å². The van der Waals surface area contributed by atoms with Crippen LogP contribution in [0, 0.1) is 13.8 Å². The Morgan fingerprint density at radius 2 is 1.78 bits per heavy atom. The van der Waals surface area contributed by atoms with Crippen molar-refractivity contribution in [1.82, 2.24) is 15.3 Å². The van der Waals surface area contributed by atoms with Crippen molar-refractivity contribution in [2.45, 2.75) is 26.7 Å². The third kappa shape index (κ3) is 5.57. The number of aromatic amines is 1. The van der Waals surface area contributed by atoms with Gasteiger partial charge in [-0.05, 0) is 85.8 Å². The molecule has 190 valence electrons. The molecule has 4 rings (SSSR count). The number of imidazole rings is 1. The fourth-order valence-electron chi connectivity index (χ4n) is 4.42. The molecule has 37 heavy (non-hydrogen) atoms. The third-order valence-electron chi connectivity index (χ3n) is 6.47. The highest BCUT2D eigenvalue weighted by Crippen LogP contribution is 2.34. The van der Waals surface area contributed by atoms with Crippen LogP contribution in [-0.4, -0.2) is 42.1 Å². The average Bonchev–Trinajstić information content (AvgIpc) is 3.33. The largest absolute Gasteiger partial charge is 0.507 e. The topological polar surface area (TPSA) is 98.3 Å². The van der Waals surface area contributed by atoms with Crippen LogP contribution in [0.5, 0.6) is 5.75 Å². The van der Waals surface area contributed by atoms with Crippen LogP contribution < -0.4 is 15.5 Å². The van der Waals surface area contributed by atoms with Crippen LogP contribution >= 0.6 is 8.46 Å². The zero-order valence-corrected chi connectivity index (χ0v) is 22.6. The van der Waals surface area contributed by atoms with Gasteiger partial charge in [0.05, 0.1) is 11.3 Å². The molecule has 0 spiro atoms. The van der Waals surface area contributed by atoms with E-state index in [1.165, 1.54) is 0 Å². The minimum absolute atomic E-state index is 0.00559. The first-order chi connectivity index (χ1) is 17.7. The molecule has 0 saturated carbocycles. The Morgan fingerprint density at radius 3 is 2.43 bits per heavy atom. The number of carbonyl (C=O) groups is 1. The van der Waals surface area contributed by atoms with Gasteiger partial charge < -0.3 is 20.3 Å². The molecule has 0 bridgehead atoms. The number of amides is 1. The van der Waals surface area contributed by atoms with Crippen molar-refractivity contribution in [3.05, 3.63) is 82.5 Å². The number of nitrogens with zero attached hydrogens (tertiary/aromatic N) is 2. The van der Waals surface area contributed by atoms with E-state index >= 15 is 0 Å². The molecule has 3 aromatic carbocycles. The molecule has 0 aliphatic heterocycles. The summed E-state index contributed by atoms with van der Waals surface area (Å²) < 4.78 is 11.3. The summed E-state index contributed by atoms with van der Waals surface area (Å²) in [5.74, 6) is 0.754. The van der Waals surface area contributed by atoms with Crippen LogP contribution in [0.25, 0.3) is 22.6 Å². The van der Waals surface area contributed by atoms with Crippen LogP contribution in [0.4, 0.5) is 5.69 Å². The Bertz CT molecular complexity index is 1450. The molecule has 7 nitrogen and oxygen atoms in total. The van der Waals surface area contributed by atoms with Gasteiger partial charge in [-0.1, -0.05) is 12.1 Å². The first kappa shape index (κ1) is 26.1. The molecule has 1 aromatic heterocycles. The Kier molecular flexibility index (Phi) is 7.74. The Balaban J connectivity index is 1.85. The summed E-state index contributed by atoms with van der Waals surface area (Å²) in [7, 11) is 5.49. The Hall–Kier alpha value is -3.96. The van der Waals surface area contributed by atoms with Crippen molar-refractivity contribution in [3.8, 4) is 28.4 Å². The van der Waals surface area contributed by atoms with E-state index in [0.717, 1.165) is 44.5 Å². The monoisotopic (exact) mass is 514 g/mol. The van der Waals surface area contributed by atoms with Gasteiger partial charge in [0.25, 0.3) is 5.91 Å². The Morgan fingerprint density at radius 1 is 1.05 bits per heavy atom. The van der Waals surface area contributed by atoms with Crippen molar-refractivity contribution >= 4 is 25.4 Å². The van der Waals surface area contributed by atoms with Gasteiger partial charge in [0, 0.05) is 49.0 Å². The lowest BCUT2D eigenvalue weighted by atomic mass is 9.99. The summed E-state index contributed by atoms with van der Waals surface area (Å²) in [5, 5.41) is 13.8. The van der Waals surface area contributed by atoms with Crippen molar-refractivity contribution in [2.24, 2.45) is 0 Å². The molecule has 0 aliphatic carbocycles. The van der Waals surface area contributed by atoms with Gasteiger partial charge in [-0.15, -0.1) is 0 Å². The number of aryl methyl sites for hydroxylation is 4. The minimum atomic E-state index is -0.187. The lowest BCUT2D eigenvalue weighted by molar-refractivity contribution is 0.0963. The SMILES string of the molecule is CNC(=O)c1cc(N(C)C)ccc1-c1nc(-c2cc(C)c(O)c(C)c2)[nH]c1CCc1cccc(P=O)c1. The molecule has 0 aliphatic rings. The number of benzene rings is 3. The highest BCUT2D eigenvalue weighted by molar-refractivity contribution is 7.34. The van der Waals surface area contributed by atoms with Crippen LogP contribution in [0.3, 0.4) is 0 Å². The number of aromatic nitrogens is 2. The summed E-state index contributed by atoms with van der Waals surface area (Å²) >= 11 is 0. The first-order valence-corrected chi connectivity index (χ1v) is 12.9. The van der Waals surface area contributed by atoms with Gasteiger partial charge in [0.2, 0.25) is 0 Å². The highest BCUT2D eigenvalue weighted by Gasteiger charge is 2.21. The quantitative estimate of drug-likeness (QED) is 0.281. The summed E-state index contributed by atoms with van der Waals surface area (Å²) in [6.07, 6.45) is 1.34. The second kappa shape index (κ2) is 11.0. The van der Waals surface area contributed by atoms with E-state index in [2.05, 4.69) is 10.3 Å². The molecule has 1 amide bonds. The normalized spacial score (nSPS) is 11.1. The number of hydrogen-bond acceptors (Lipinski definition) is 5. The van der Waals surface area contributed by atoms with Crippen LogP contribution in [0.1, 0.15) is 32.7 Å². The van der Waals surface area contributed by atoms with Crippen LogP contribution in [0.2, 0.25) is 0 Å². The van der Waals surface area contributed by atoms with Crippen molar-refractivity contribution in [2.75, 3.05) is 26.0 Å². The van der Waals surface area contributed by atoms with Gasteiger partial charge in [-0.3, -0.25) is 9.36 Å². The molecule has 8 heteroatoms. The van der Waals surface area contributed by atoms with Crippen LogP contribution in [-0.2, 0) is 17.4 Å². The number of hydrogen-bond donors (Lipinski definition) is 3. The number of aromatic hydroxyl groups is 1. The summed E-state index contributed by atoms with van der Waals surface area (Å²) in [4.78, 5) is 23.3. The lowest BCUT2D eigenvalue weighted by Gasteiger charge is -2.16. The summed E-state index contributed by atoms with van der Waals surface area (Å²) in [6, 6.07) is 17.3. The molecule has 3 N–H and O–H groups in total. The maximum atomic E-state index is 12.9. The Labute approximate surface area is 218 Å². The number of nitrogens with one attached hydrogen (secondary N) is 2.